The first kappa shape index (κ1) is 22.3. The molecule has 1 fully saturated rings. The van der Waals surface area contributed by atoms with Gasteiger partial charge >= 0.3 is 5.97 Å². The second kappa shape index (κ2) is 9.20. The molecule has 0 aliphatic carbocycles. The van der Waals surface area contributed by atoms with Gasteiger partial charge in [-0.15, -0.1) is 0 Å². The molecule has 31 heavy (non-hydrogen) atoms. The number of carbonyl (C=O) groups excluding carboxylic acids is 3. The Morgan fingerprint density at radius 2 is 1.71 bits per heavy atom. The van der Waals surface area contributed by atoms with Crippen molar-refractivity contribution < 1.29 is 28.6 Å². The van der Waals surface area contributed by atoms with Gasteiger partial charge in [-0.2, -0.15) is 0 Å². The van der Waals surface area contributed by atoms with Crippen molar-refractivity contribution in [3.05, 3.63) is 52.6 Å². The van der Waals surface area contributed by atoms with Crippen LogP contribution in [0.5, 0.6) is 11.5 Å². The van der Waals surface area contributed by atoms with Gasteiger partial charge in [-0.3, -0.25) is 14.4 Å². The third-order valence-electron chi connectivity index (χ3n) is 5.62. The third kappa shape index (κ3) is 4.71. The minimum absolute atomic E-state index is 0.0187. The number of nitrogens with zero attached hydrogens (tertiary/aromatic N) is 1. The smallest absolute Gasteiger partial charge is 0.311 e. The van der Waals surface area contributed by atoms with E-state index in [9.17, 15) is 14.4 Å². The highest BCUT2D eigenvalue weighted by atomic mass is 16.5. The number of esters is 1. The Kier molecular flexibility index (Phi) is 6.63. The van der Waals surface area contributed by atoms with Gasteiger partial charge in [0.2, 0.25) is 11.7 Å². The molecule has 0 bridgehead atoms. The van der Waals surface area contributed by atoms with E-state index in [1.807, 2.05) is 32.9 Å². The number of methoxy groups -OCH3 is 2. The van der Waals surface area contributed by atoms with Crippen LogP contribution in [0.1, 0.15) is 33.5 Å². The van der Waals surface area contributed by atoms with Crippen molar-refractivity contribution in [1.82, 2.24) is 0 Å². The van der Waals surface area contributed by atoms with Crippen molar-refractivity contribution in [3.8, 4) is 11.5 Å². The summed E-state index contributed by atoms with van der Waals surface area (Å²) in [5.74, 6) is -0.592. The quantitative estimate of drug-likeness (QED) is 0.500. The third-order valence-corrected chi connectivity index (χ3v) is 5.62. The molecule has 1 atom stereocenters. The zero-order chi connectivity index (χ0) is 22.7. The van der Waals surface area contributed by atoms with Gasteiger partial charge in [0.05, 0.1) is 25.8 Å². The summed E-state index contributed by atoms with van der Waals surface area (Å²) in [7, 11) is 3.05. The molecule has 0 N–H and O–H groups in total. The largest absolute Gasteiger partial charge is 0.497 e. The maximum atomic E-state index is 12.6. The molecule has 0 spiro atoms. The molecule has 0 aromatic heterocycles. The Bertz CT molecular complexity index is 1030. The van der Waals surface area contributed by atoms with Gasteiger partial charge in [-0.1, -0.05) is 6.07 Å². The first-order valence-corrected chi connectivity index (χ1v) is 10.0. The number of benzene rings is 2. The highest BCUT2D eigenvalue weighted by Gasteiger charge is 2.37. The summed E-state index contributed by atoms with van der Waals surface area (Å²) >= 11 is 0. The molecule has 0 radical (unpaired) electrons. The topological polar surface area (TPSA) is 82.1 Å². The molecule has 7 nitrogen and oxygen atoms in total. The standard InChI is InChI=1S/C24H27NO6/c1-14-8-16(3)19(9-15(14)2)21(26)13-31-24(28)17-10-23(27)25(12-17)20-7-6-18(29-4)11-22(20)30-5/h6-9,11,17H,10,12-13H2,1-5H3/t17-/m1/s1. The molecular weight excluding hydrogens is 398 g/mol. The monoisotopic (exact) mass is 425 g/mol. The molecule has 2 aromatic rings. The van der Waals surface area contributed by atoms with Crippen LogP contribution in [0.2, 0.25) is 0 Å². The summed E-state index contributed by atoms with van der Waals surface area (Å²) in [6.07, 6.45) is 0.0187. The molecule has 0 saturated carbocycles. The van der Waals surface area contributed by atoms with Crippen LogP contribution in [0.25, 0.3) is 0 Å². The van der Waals surface area contributed by atoms with Gasteiger partial charge in [0.15, 0.2) is 6.61 Å². The van der Waals surface area contributed by atoms with Crippen molar-refractivity contribution >= 4 is 23.3 Å². The Morgan fingerprint density at radius 3 is 2.39 bits per heavy atom. The zero-order valence-corrected chi connectivity index (χ0v) is 18.5. The lowest BCUT2D eigenvalue weighted by Crippen LogP contribution is -2.27. The highest BCUT2D eigenvalue weighted by Crippen LogP contribution is 2.36. The van der Waals surface area contributed by atoms with E-state index >= 15 is 0 Å². The Hall–Kier alpha value is -3.35. The normalized spacial score (nSPS) is 15.7. The van der Waals surface area contributed by atoms with Crippen LogP contribution in [0.15, 0.2) is 30.3 Å². The zero-order valence-electron chi connectivity index (χ0n) is 18.5. The van der Waals surface area contributed by atoms with Crippen molar-refractivity contribution in [2.75, 3.05) is 32.3 Å². The fraction of sp³-hybridized carbons (Fsp3) is 0.375. The van der Waals surface area contributed by atoms with E-state index < -0.39 is 11.9 Å². The number of ketones is 1. The fourth-order valence-electron chi connectivity index (χ4n) is 3.70. The second-order valence-electron chi connectivity index (χ2n) is 7.73. The van der Waals surface area contributed by atoms with Gasteiger partial charge in [-0.25, -0.2) is 0 Å². The number of hydrogen-bond acceptors (Lipinski definition) is 6. The first-order valence-electron chi connectivity index (χ1n) is 10.0. The Morgan fingerprint density at radius 1 is 1.00 bits per heavy atom. The van der Waals surface area contributed by atoms with Gasteiger partial charge in [0.25, 0.3) is 0 Å². The van der Waals surface area contributed by atoms with Crippen LogP contribution < -0.4 is 14.4 Å². The molecule has 164 valence electrons. The van der Waals surface area contributed by atoms with Crippen LogP contribution in [0, 0.1) is 26.7 Å². The predicted octanol–water partition coefficient (Wildman–Crippen LogP) is 3.41. The lowest BCUT2D eigenvalue weighted by atomic mass is 9.98. The highest BCUT2D eigenvalue weighted by molar-refractivity contribution is 6.02. The van der Waals surface area contributed by atoms with Gasteiger partial charge in [0, 0.05) is 24.6 Å². The minimum Gasteiger partial charge on any atom is -0.497 e. The molecule has 1 aliphatic rings. The summed E-state index contributed by atoms with van der Waals surface area (Å²) in [6, 6.07) is 8.88. The first-order chi connectivity index (χ1) is 14.7. The van der Waals surface area contributed by atoms with E-state index in [1.165, 1.54) is 12.0 Å². The number of aryl methyl sites for hydroxylation is 3. The van der Waals surface area contributed by atoms with E-state index in [2.05, 4.69) is 0 Å². The number of carbonyl (C=O) groups is 3. The van der Waals surface area contributed by atoms with E-state index in [0.717, 1.165) is 16.7 Å². The van der Waals surface area contributed by atoms with Crippen LogP contribution in [-0.2, 0) is 14.3 Å². The summed E-state index contributed by atoms with van der Waals surface area (Å²) < 4.78 is 15.8. The molecule has 1 amide bonds. The van der Waals surface area contributed by atoms with Crippen LogP contribution >= 0.6 is 0 Å². The predicted molar refractivity (Wildman–Crippen MR) is 116 cm³/mol. The van der Waals surface area contributed by atoms with E-state index in [1.54, 1.807) is 25.3 Å². The summed E-state index contributed by atoms with van der Waals surface area (Å²) in [5.41, 5.74) is 4.06. The van der Waals surface area contributed by atoms with Crippen molar-refractivity contribution in [1.29, 1.82) is 0 Å². The average molecular weight is 425 g/mol. The average Bonchev–Trinajstić information content (AvgIpc) is 3.15. The molecule has 1 aliphatic heterocycles. The molecule has 1 heterocycles. The lowest BCUT2D eigenvalue weighted by molar-refractivity contribution is -0.147. The lowest BCUT2D eigenvalue weighted by Gasteiger charge is -2.20. The van der Waals surface area contributed by atoms with Gasteiger partial charge in [-0.05, 0) is 55.7 Å². The maximum Gasteiger partial charge on any atom is 0.311 e. The van der Waals surface area contributed by atoms with Crippen molar-refractivity contribution in [2.24, 2.45) is 5.92 Å². The molecule has 1 saturated heterocycles. The summed E-state index contributed by atoms with van der Waals surface area (Å²) in [4.78, 5) is 39.2. The van der Waals surface area contributed by atoms with E-state index in [-0.39, 0.29) is 31.3 Å². The molecule has 2 aromatic carbocycles. The summed E-state index contributed by atoms with van der Waals surface area (Å²) in [5, 5.41) is 0. The fourth-order valence-corrected chi connectivity index (χ4v) is 3.70. The van der Waals surface area contributed by atoms with Gasteiger partial charge in [0.1, 0.15) is 11.5 Å². The number of ether oxygens (including phenoxy) is 3. The van der Waals surface area contributed by atoms with Crippen molar-refractivity contribution in [3.63, 3.8) is 0 Å². The van der Waals surface area contributed by atoms with E-state index in [4.69, 9.17) is 14.2 Å². The minimum atomic E-state index is -0.645. The Labute approximate surface area is 181 Å². The molecule has 3 rings (SSSR count). The molecule has 7 heteroatoms. The number of anilines is 1. The number of amides is 1. The van der Waals surface area contributed by atoms with Crippen molar-refractivity contribution in [2.45, 2.75) is 27.2 Å². The van der Waals surface area contributed by atoms with Crippen LogP contribution in [-0.4, -0.2) is 45.0 Å². The Balaban J connectivity index is 1.66. The second-order valence-corrected chi connectivity index (χ2v) is 7.73. The van der Waals surface area contributed by atoms with Crippen LogP contribution in [0.4, 0.5) is 5.69 Å². The summed E-state index contributed by atoms with van der Waals surface area (Å²) in [6.45, 7) is 5.59. The van der Waals surface area contributed by atoms with E-state index in [0.29, 0.717) is 22.7 Å². The number of Topliss-reactive ketones (excluding diaryl/α,β-unsaturated/α-hetero) is 1. The molecular formula is C24H27NO6. The maximum absolute atomic E-state index is 12.6. The SMILES string of the molecule is COc1ccc(N2C[C@H](C(=O)OCC(=O)c3cc(C)c(C)cc3C)CC2=O)c(OC)c1. The molecule has 0 unspecified atom stereocenters. The van der Waals surface area contributed by atoms with Crippen LogP contribution in [0.3, 0.4) is 0 Å². The number of rotatable bonds is 7. The van der Waals surface area contributed by atoms with Gasteiger partial charge < -0.3 is 19.1 Å². The number of hydrogen-bond donors (Lipinski definition) is 0.